The lowest BCUT2D eigenvalue weighted by Gasteiger charge is -2.20. The number of nitriles is 1. The third-order valence-electron chi connectivity index (χ3n) is 5.25. The number of rotatable bonds is 9. The Morgan fingerprint density at radius 1 is 1.16 bits per heavy atom. The number of para-hydroxylation sites is 2. The van der Waals surface area contributed by atoms with Crippen LogP contribution in [0, 0.1) is 18.3 Å². The molecule has 0 aliphatic heterocycles. The molecule has 0 atom stereocenters. The Morgan fingerprint density at radius 2 is 1.91 bits per heavy atom. The maximum atomic E-state index is 12.9. The molecule has 6 heteroatoms. The highest BCUT2D eigenvalue weighted by atomic mass is 16.2. The van der Waals surface area contributed by atoms with E-state index in [9.17, 15) is 9.59 Å². The number of nitrogens with one attached hydrogen (secondary N) is 1. The average molecular weight is 429 g/mol. The summed E-state index contributed by atoms with van der Waals surface area (Å²) in [5.74, 6) is -0.428. The molecule has 0 bridgehead atoms. The van der Waals surface area contributed by atoms with Crippen LogP contribution < -0.4 is 5.32 Å². The van der Waals surface area contributed by atoms with E-state index in [-0.39, 0.29) is 18.4 Å². The molecule has 1 heterocycles. The summed E-state index contributed by atoms with van der Waals surface area (Å²) in [6.45, 7) is 5.00. The van der Waals surface area contributed by atoms with Gasteiger partial charge in [0.1, 0.15) is 6.54 Å². The predicted octanol–water partition coefficient (Wildman–Crippen LogP) is 4.75. The van der Waals surface area contributed by atoms with E-state index in [1.807, 2.05) is 73.1 Å². The van der Waals surface area contributed by atoms with Gasteiger partial charge in [0.2, 0.25) is 11.8 Å². The number of carbonyl (C=O) groups excluding carboxylic acids is 2. The first-order valence-corrected chi connectivity index (χ1v) is 10.8. The van der Waals surface area contributed by atoms with Crippen molar-refractivity contribution < 1.29 is 9.59 Å². The Balaban J connectivity index is 1.74. The molecule has 32 heavy (non-hydrogen) atoms. The van der Waals surface area contributed by atoms with E-state index in [0.717, 1.165) is 34.1 Å². The quantitative estimate of drug-likeness (QED) is 0.500. The molecule has 0 saturated heterocycles. The van der Waals surface area contributed by atoms with Crippen LogP contribution in [-0.4, -0.2) is 34.4 Å². The topological polar surface area (TPSA) is 78.1 Å². The number of aryl methyl sites for hydroxylation is 2. The summed E-state index contributed by atoms with van der Waals surface area (Å²) in [5.41, 5.74) is 3.66. The first-order chi connectivity index (χ1) is 15.5. The van der Waals surface area contributed by atoms with Crippen molar-refractivity contribution in [1.29, 1.82) is 5.26 Å². The molecule has 0 saturated carbocycles. The molecule has 0 radical (unpaired) electrons. The van der Waals surface area contributed by atoms with Crippen molar-refractivity contribution in [2.24, 2.45) is 0 Å². The molecule has 1 N–H and O–H groups in total. The maximum Gasteiger partial charge on any atom is 0.247 e. The summed E-state index contributed by atoms with van der Waals surface area (Å²) < 4.78 is 2.03. The number of fused-ring (bicyclic) bond motifs is 1. The first-order valence-electron chi connectivity index (χ1n) is 10.8. The third-order valence-corrected chi connectivity index (χ3v) is 5.25. The van der Waals surface area contributed by atoms with Gasteiger partial charge >= 0.3 is 0 Å². The van der Waals surface area contributed by atoms with E-state index in [4.69, 9.17) is 5.26 Å². The number of anilines is 1. The van der Waals surface area contributed by atoms with Gasteiger partial charge in [0.15, 0.2) is 0 Å². The molecule has 1 aromatic heterocycles. The number of hydrogen-bond donors (Lipinski definition) is 1. The molecular formula is C26H28N4O2. The molecule has 0 spiro atoms. The zero-order chi connectivity index (χ0) is 22.9. The SMILES string of the molecule is CCCN(CC(=O)Nc1ccccc1C)C(=O)/C=C/c1cn(CCC#N)c2ccccc12. The lowest BCUT2D eigenvalue weighted by Crippen LogP contribution is -2.37. The highest BCUT2D eigenvalue weighted by molar-refractivity contribution is 6.00. The van der Waals surface area contributed by atoms with E-state index in [1.165, 1.54) is 6.08 Å². The first kappa shape index (κ1) is 22.8. The highest BCUT2D eigenvalue weighted by Gasteiger charge is 2.15. The largest absolute Gasteiger partial charge is 0.346 e. The fraction of sp³-hybridized carbons (Fsp3) is 0.269. The molecule has 164 valence electrons. The Morgan fingerprint density at radius 3 is 2.66 bits per heavy atom. The fourth-order valence-corrected chi connectivity index (χ4v) is 3.64. The number of aromatic nitrogens is 1. The second kappa shape index (κ2) is 11.0. The molecular weight excluding hydrogens is 400 g/mol. The molecule has 0 aliphatic carbocycles. The van der Waals surface area contributed by atoms with Crippen molar-refractivity contribution >= 4 is 34.5 Å². The van der Waals surface area contributed by atoms with E-state index >= 15 is 0 Å². The van der Waals surface area contributed by atoms with Gasteiger partial charge < -0.3 is 14.8 Å². The normalized spacial score (nSPS) is 10.9. The molecule has 0 unspecified atom stereocenters. The van der Waals surface area contributed by atoms with Gasteiger partial charge in [-0.05, 0) is 37.1 Å². The summed E-state index contributed by atoms with van der Waals surface area (Å²) in [5, 5.41) is 12.8. The van der Waals surface area contributed by atoms with Crippen LogP contribution in [0.2, 0.25) is 0 Å². The van der Waals surface area contributed by atoms with Crippen molar-refractivity contribution in [3.63, 3.8) is 0 Å². The van der Waals surface area contributed by atoms with Gasteiger partial charge in [-0.3, -0.25) is 9.59 Å². The molecule has 3 rings (SSSR count). The minimum absolute atomic E-state index is 0.00469. The Hall–Kier alpha value is -3.85. The Bertz CT molecular complexity index is 1170. The number of amides is 2. The number of benzene rings is 2. The average Bonchev–Trinajstić information content (AvgIpc) is 3.15. The number of carbonyl (C=O) groups is 2. The summed E-state index contributed by atoms with van der Waals surface area (Å²) in [6.07, 6.45) is 6.44. The molecule has 0 fully saturated rings. The van der Waals surface area contributed by atoms with Crippen LogP contribution in [-0.2, 0) is 16.1 Å². The zero-order valence-electron chi connectivity index (χ0n) is 18.5. The summed E-state index contributed by atoms with van der Waals surface area (Å²) >= 11 is 0. The van der Waals surface area contributed by atoms with Crippen molar-refractivity contribution in [1.82, 2.24) is 9.47 Å². The summed E-state index contributed by atoms with van der Waals surface area (Å²) in [4.78, 5) is 27.0. The van der Waals surface area contributed by atoms with Crippen LogP contribution in [0.3, 0.4) is 0 Å². The van der Waals surface area contributed by atoms with Gasteiger partial charge in [0, 0.05) is 47.5 Å². The van der Waals surface area contributed by atoms with Gasteiger partial charge in [0.25, 0.3) is 0 Å². The minimum atomic E-state index is -0.220. The van der Waals surface area contributed by atoms with Crippen LogP contribution in [0.15, 0.2) is 60.8 Å². The van der Waals surface area contributed by atoms with E-state index in [0.29, 0.717) is 19.5 Å². The van der Waals surface area contributed by atoms with Gasteiger partial charge in [-0.25, -0.2) is 0 Å². The van der Waals surface area contributed by atoms with Crippen LogP contribution in [0.4, 0.5) is 5.69 Å². The van der Waals surface area contributed by atoms with Crippen molar-refractivity contribution in [3.8, 4) is 6.07 Å². The molecule has 3 aromatic rings. The molecule has 6 nitrogen and oxygen atoms in total. The second-order valence-corrected chi connectivity index (χ2v) is 7.66. The number of hydrogen-bond acceptors (Lipinski definition) is 3. The molecule has 2 amide bonds. The van der Waals surface area contributed by atoms with Crippen LogP contribution in [0.25, 0.3) is 17.0 Å². The lowest BCUT2D eigenvalue weighted by atomic mass is 10.1. The number of nitrogens with zero attached hydrogens (tertiary/aromatic N) is 3. The molecule has 2 aromatic carbocycles. The van der Waals surface area contributed by atoms with Gasteiger partial charge in [-0.1, -0.05) is 43.3 Å². The zero-order valence-corrected chi connectivity index (χ0v) is 18.5. The smallest absolute Gasteiger partial charge is 0.247 e. The van der Waals surface area contributed by atoms with Gasteiger partial charge in [0.05, 0.1) is 12.5 Å². The van der Waals surface area contributed by atoms with E-state index in [2.05, 4.69) is 11.4 Å². The van der Waals surface area contributed by atoms with Crippen LogP contribution in [0.5, 0.6) is 0 Å². The van der Waals surface area contributed by atoms with Crippen LogP contribution >= 0.6 is 0 Å². The van der Waals surface area contributed by atoms with Crippen LogP contribution in [0.1, 0.15) is 30.9 Å². The third kappa shape index (κ3) is 5.64. The van der Waals surface area contributed by atoms with Crippen molar-refractivity contribution in [3.05, 3.63) is 71.9 Å². The lowest BCUT2D eigenvalue weighted by molar-refractivity contribution is -0.130. The fourth-order valence-electron chi connectivity index (χ4n) is 3.64. The summed E-state index contributed by atoms with van der Waals surface area (Å²) in [6, 6.07) is 17.7. The highest BCUT2D eigenvalue weighted by Crippen LogP contribution is 2.23. The standard InChI is InChI=1S/C26H28N4O2/c1-3-16-30(19-25(31)28-23-11-6-4-9-20(23)2)26(32)14-13-21-18-29(17-8-15-27)24-12-7-5-10-22(21)24/h4-7,9-14,18H,3,8,16-17,19H2,1-2H3,(H,28,31)/b14-13+. The van der Waals surface area contributed by atoms with Crippen molar-refractivity contribution in [2.75, 3.05) is 18.4 Å². The summed E-state index contributed by atoms with van der Waals surface area (Å²) in [7, 11) is 0. The van der Waals surface area contributed by atoms with Gasteiger partial charge in [-0.2, -0.15) is 5.26 Å². The predicted molar refractivity (Wildman–Crippen MR) is 128 cm³/mol. The Kier molecular flexibility index (Phi) is 7.82. The maximum absolute atomic E-state index is 12.9. The van der Waals surface area contributed by atoms with E-state index in [1.54, 1.807) is 11.0 Å². The van der Waals surface area contributed by atoms with Crippen molar-refractivity contribution in [2.45, 2.75) is 33.2 Å². The minimum Gasteiger partial charge on any atom is -0.346 e. The van der Waals surface area contributed by atoms with Gasteiger partial charge in [-0.15, -0.1) is 0 Å². The van der Waals surface area contributed by atoms with E-state index < -0.39 is 0 Å². The monoisotopic (exact) mass is 428 g/mol. The Labute approximate surface area is 188 Å². The molecule has 0 aliphatic rings. The second-order valence-electron chi connectivity index (χ2n) is 7.66.